The quantitative estimate of drug-likeness (QED) is 0.770. The van der Waals surface area contributed by atoms with Gasteiger partial charge in [-0.25, -0.2) is 0 Å². The first-order chi connectivity index (χ1) is 7.02. The topological polar surface area (TPSA) is 15.3 Å². The van der Waals surface area contributed by atoms with Gasteiger partial charge in [0, 0.05) is 30.7 Å². The first kappa shape index (κ1) is 13.0. The van der Waals surface area contributed by atoms with Gasteiger partial charge < -0.3 is 5.32 Å². The molecule has 1 saturated heterocycles. The molecule has 3 atom stereocenters. The Balaban J connectivity index is 2.60. The summed E-state index contributed by atoms with van der Waals surface area (Å²) >= 11 is 0. The fourth-order valence-electron chi connectivity index (χ4n) is 2.54. The van der Waals surface area contributed by atoms with Crippen molar-refractivity contribution >= 4 is 0 Å². The second-order valence-electron chi connectivity index (χ2n) is 5.45. The first-order valence-electron chi connectivity index (χ1n) is 6.53. The lowest BCUT2D eigenvalue weighted by atomic mass is 9.92. The highest BCUT2D eigenvalue weighted by atomic mass is 15.3. The molecule has 0 aromatic carbocycles. The molecule has 0 radical (unpaired) electrons. The number of nitrogens with zero attached hydrogens (tertiary/aromatic N) is 1. The lowest BCUT2D eigenvalue weighted by Gasteiger charge is -2.47. The van der Waals surface area contributed by atoms with E-state index in [1.54, 1.807) is 0 Å². The van der Waals surface area contributed by atoms with Crippen molar-refractivity contribution in [1.82, 2.24) is 10.2 Å². The van der Waals surface area contributed by atoms with Crippen molar-refractivity contribution in [1.29, 1.82) is 0 Å². The van der Waals surface area contributed by atoms with E-state index in [2.05, 4.69) is 44.8 Å². The SMILES string of the molecule is CCCC(C)N1CC(C)(CC)NCC1C. The molecule has 90 valence electrons. The van der Waals surface area contributed by atoms with Crippen LogP contribution in [0.1, 0.15) is 53.9 Å². The Morgan fingerprint density at radius 2 is 2.13 bits per heavy atom. The molecule has 2 nitrogen and oxygen atoms in total. The van der Waals surface area contributed by atoms with Crippen LogP contribution in [0.2, 0.25) is 0 Å². The van der Waals surface area contributed by atoms with E-state index >= 15 is 0 Å². The molecule has 1 heterocycles. The molecule has 1 fully saturated rings. The van der Waals surface area contributed by atoms with Gasteiger partial charge in [0.05, 0.1) is 0 Å². The molecule has 0 aromatic rings. The third kappa shape index (κ3) is 3.18. The lowest BCUT2D eigenvalue weighted by Crippen LogP contribution is -2.63. The molecule has 0 spiro atoms. The Bertz CT molecular complexity index is 193. The summed E-state index contributed by atoms with van der Waals surface area (Å²) in [5.74, 6) is 0. The first-order valence-corrected chi connectivity index (χ1v) is 6.53. The summed E-state index contributed by atoms with van der Waals surface area (Å²) in [6.07, 6.45) is 3.83. The van der Waals surface area contributed by atoms with Gasteiger partial charge in [-0.1, -0.05) is 20.3 Å². The van der Waals surface area contributed by atoms with Gasteiger partial charge in [-0.05, 0) is 33.6 Å². The minimum absolute atomic E-state index is 0.328. The highest BCUT2D eigenvalue weighted by Crippen LogP contribution is 2.22. The highest BCUT2D eigenvalue weighted by Gasteiger charge is 2.34. The normalized spacial score (nSPS) is 35.4. The van der Waals surface area contributed by atoms with Crippen LogP contribution in [-0.2, 0) is 0 Å². The number of rotatable bonds is 4. The van der Waals surface area contributed by atoms with Crippen molar-refractivity contribution in [3.8, 4) is 0 Å². The van der Waals surface area contributed by atoms with Crippen LogP contribution < -0.4 is 5.32 Å². The molecule has 0 aromatic heterocycles. The minimum atomic E-state index is 0.328. The Kier molecular flexibility index (Phi) is 4.60. The van der Waals surface area contributed by atoms with Gasteiger partial charge >= 0.3 is 0 Å². The average Bonchev–Trinajstić information content (AvgIpc) is 2.22. The standard InChI is InChI=1S/C13H28N2/c1-6-8-11(3)15-10-13(5,7-2)14-9-12(15)4/h11-12,14H,6-10H2,1-5H3. The summed E-state index contributed by atoms with van der Waals surface area (Å²) in [6.45, 7) is 14.0. The van der Waals surface area contributed by atoms with E-state index in [4.69, 9.17) is 0 Å². The molecular weight excluding hydrogens is 184 g/mol. The van der Waals surface area contributed by atoms with E-state index in [0.29, 0.717) is 11.6 Å². The lowest BCUT2D eigenvalue weighted by molar-refractivity contribution is 0.0566. The molecule has 1 rings (SSSR count). The summed E-state index contributed by atoms with van der Waals surface area (Å²) < 4.78 is 0. The molecular formula is C13H28N2. The Labute approximate surface area is 95.4 Å². The molecule has 3 unspecified atom stereocenters. The Morgan fingerprint density at radius 1 is 1.47 bits per heavy atom. The fraction of sp³-hybridized carbons (Fsp3) is 1.00. The van der Waals surface area contributed by atoms with Crippen LogP contribution in [0.3, 0.4) is 0 Å². The molecule has 0 amide bonds. The Hall–Kier alpha value is -0.0800. The summed E-state index contributed by atoms with van der Waals surface area (Å²) in [7, 11) is 0. The molecule has 15 heavy (non-hydrogen) atoms. The zero-order valence-electron chi connectivity index (χ0n) is 11.1. The van der Waals surface area contributed by atoms with Gasteiger partial charge in [0.15, 0.2) is 0 Å². The smallest absolute Gasteiger partial charge is 0.0278 e. The summed E-state index contributed by atoms with van der Waals surface area (Å²) in [5, 5.41) is 3.68. The maximum atomic E-state index is 3.68. The highest BCUT2D eigenvalue weighted by molar-refractivity contribution is 4.94. The second kappa shape index (κ2) is 5.31. The molecule has 2 heteroatoms. The molecule has 1 aliphatic rings. The molecule has 0 aliphatic carbocycles. The van der Waals surface area contributed by atoms with Crippen molar-refractivity contribution in [2.75, 3.05) is 13.1 Å². The van der Waals surface area contributed by atoms with E-state index in [0.717, 1.165) is 12.6 Å². The monoisotopic (exact) mass is 212 g/mol. The zero-order valence-corrected chi connectivity index (χ0v) is 11.1. The predicted molar refractivity (Wildman–Crippen MR) is 67.2 cm³/mol. The number of hydrogen-bond donors (Lipinski definition) is 1. The number of hydrogen-bond acceptors (Lipinski definition) is 2. The van der Waals surface area contributed by atoms with Crippen LogP contribution >= 0.6 is 0 Å². The van der Waals surface area contributed by atoms with Crippen molar-refractivity contribution in [3.63, 3.8) is 0 Å². The zero-order chi connectivity index (χ0) is 11.5. The van der Waals surface area contributed by atoms with Crippen LogP contribution in [-0.4, -0.2) is 35.6 Å². The molecule has 0 saturated carbocycles. The van der Waals surface area contributed by atoms with Gasteiger partial charge in [-0.2, -0.15) is 0 Å². The maximum Gasteiger partial charge on any atom is 0.0278 e. The largest absolute Gasteiger partial charge is 0.309 e. The maximum absolute atomic E-state index is 3.68. The van der Waals surface area contributed by atoms with Gasteiger partial charge in [-0.15, -0.1) is 0 Å². The summed E-state index contributed by atoms with van der Waals surface area (Å²) in [5.41, 5.74) is 0.328. The van der Waals surface area contributed by atoms with Gasteiger partial charge in [0.2, 0.25) is 0 Å². The van der Waals surface area contributed by atoms with Crippen molar-refractivity contribution in [2.24, 2.45) is 0 Å². The van der Waals surface area contributed by atoms with E-state index < -0.39 is 0 Å². The molecule has 0 bridgehead atoms. The van der Waals surface area contributed by atoms with E-state index in [9.17, 15) is 0 Å². The van der Waals surface area contributed by atoms with Crippen LogP contribution in [0.4, 0.5) is 0 Å². The van der Waals surface area contributed by atoms with E-state index in [1.807, 2.05) is 0 Å². The van der Waals surface area contributed by atoms with Gasteiger partial charge in [-0.3, -0.25) is 4.90 Å². The third-order valence-electron chi connectivity index (χ3n) is 3.97. The van der Waals surface area contributed by atoms with E-state index in [1.165, 1.54) is 25.8 Å². The summed E-state index contributed by atoms with van der Waals surface area (Å²) in [4.78, 5) is 2.68. The fourth-order valence-corrected chi connectivity index (χ4v) is 2.54. The van der Waals surface area contributed by atoms with Gasteiger partial charge in [0.25, 0.3) is 0 Å². The van der Waals surface area contributed by atoms with Gasteiger partial charge in [0.1, 0.15) is 0 Å². The predicted octanol–water partition coefficient (Wildman–Crippen LogP) is 2.64. The number of piperazine rings is 1. The summed E-state index contributed by atoms with van der Waals surface area (Å²) in [6, 6.07) is 1.42. The third-order valence-corrected chi connectivity index (χ3v) is 3.97. The van der Waals surface area contributed by atoms with E-state index in [-0.39, 0.29) is 0 Å². The second-order valence-corrected chi connectivity index (χ2v) is 5.45. The van der Waals surface area contributed by atoms with Crippen LogP contribution in [0, 0.1) is 0 Å². The minimum Gasteiger partial charge on any atom is -0.309 e. The average molecular weight is 212 g/mol. The van der Waals surface area contributed by atoms with Crippen LogP contribution in [0.5, 0.6) is 0 Å². The Morgan fingerprint density at radius 3 is 2.67 bits per heavy atom. The van der Waals surface area contributed by atoms with Crippen molar-refractivity contribution in [2.45, 2.75) is 71.5 Å². The van der Waals surface area contributed by atoms with Crippen LogP contribution in [0.15, 0.2) is 0 Å². The van der Waals surface area contributed by atoms with Crippen molar-refractivity contribution in [3.05, 3.63) is 0 Å². The number of nitrogens with one attached hydrogen (secondary N) is 1. The van der Waals surface area contributed by atoms with Crippen LogP contribution in [0.25, 0.3) is 0 Å². The van der Waals surface area contributed by atoms with Crippen molar-refractivity contribution < 1.29 is 0 Å². The molecule has 1 N–H and O–H groups in total. The molecule has 1 aliphatic heterocycles.